The Balaban J connectivity index is 2.59. The van der Waals surface area contributed by atoms with Gasteiger partial charge in [-0.3, -0.25) is 9.59 Å². The summed E-state index contributed by atoms with van der Waals surface area (Å²) in [7, 11) is 3.75. The number of carboxylic acid groups (broad SMARTS) is 1. The Bertz CT molecular complexity index is 497. The zero-order valence-electron chi connectivity index (χ0n) is 12.1. The lowest BCUT2D eigenvalue weighted by Gasteiger charge is -2.22. The van der Waals surface area contributed by atoms with Crippen LogP contribution in [0.15, 0.2) is 29.2 Å². The summed E-state index contributed by atoms with van der Waals surface area (Å²) in [6.07, 6.45) is 0. The highest BCUT2D eigenvalue weighted by atomic mass is 35.5. The zero-order chi connectivity index (χ0) is 15.8. The van der Waals surface area contributed by atoms with Gasteiger partial charge in [-0.1, -0.05) is 23.7 Å². The van der Waals surface area contributed by atoms with Crippen LogP contribution in [-0.2, 0) is 9.59 Å². The van der Waals surface area contributed by atoms with E-state index in [1.807, 2.05) is 37.2 Å². The molecule has 0 unspecified atom stereocenters. The van der Waals surface area contributed by atoms with Crippen molar-refractivity contribution in [2.75, 3.05) is 39.5 Å². The van der Waals surface area contributed by atoms with Crippen LogP contribution in [0.25, 0.3) is 0 Å². The maximum Gasteiger partial charge on any atom is 0.323 e. The van der Waals surface area contributed by atoms with E-state index in [9.17, 15) is 9.59 Å². The number of rotatable bonds is 8. The summed E-state index contributed by atoms with van der Waals surface area (Å²) < 4.78 is 0. The van der Waals surface area contributed by atoms with Crippen LogP contribution < -0.4 is 0 Å². The Morgan fingerprint density at radius 3 is 2.48 bits per heavy atom. The smallest absolute Gasteiger partial charge is 0.323 e. The third kappa shape index (κ3) is 6.84. The average molecular weight is 331 g/mol. The van der Waals surface area contributed by atoms with E-state index in [1.54, 1.807) is 6.07 Å². The summed E-state index contributed by atoms with van der Waals surface area (Å²) in [4.78, 5) is 27.1. The summed E-state index contributed by atoms with van der Waals surface area (Å²) in [5.74, 6) is -1.04. The van der Waals surface area contributed by atoms with Crippen molar-refractivity contribution >= 4 is 35.2 Å². The van der Waals surface area contributed by atoms with Gasteiger partial charge in [-0.25, -0.2) is 0 Å². The van der Waals surface area contributed by atoms with Gasteiger partial charge in [-0.2, -0.15) is 0 Å². The number of hydrogen-bond donors (Lipinski definition) is 1. The number of carbonyl (C=O) groups excluding carboxylic acids is 1. The monoisotopic (exact) mass is 330 g/mol. The summed E-state index contributed by atoms with van der Waals surface area (Å²) >= 11 is 7.34. The van der Waals surface area contributed by atoms with E-state index in [0.717, 1.165) is 4.90 Å². The first kappa shape index (κ1) is 17.8. The van der Waals surface area contributed by atoms with Gasteiger partial charge in [0.2, 0.25) is 5.91 Å². The number of thioether (sulfide) groups is 1. The fraction of sp³-hybridized carbons (Fsp3) is 0.429. The molecule has 0 radical (unpaired) electrons. The molecule has 0 fully saturated rings. The summed E-state index contributed by atoms with van der Waals surface area (Å²) in [5, 5.41) is 9.48. The molecule has 0 aliphatic rings. The van der Waals surface area contributed by atoms with Crippen LogP contribution in [0, 0.1) is 0 Å². The van der Waals surface area contributed by atoms with E-state index in [4.69, 9.17) is 16.7 Å². The van der Waals surface area contributed by atoms with Crippen LogP contribution >= 0.6 is 23.4 Å². The topological polar surface area (TPSA) is 60.9 Å². The predicted molar refractivity (Wildman–Crippen MR) is 84.9 cm³/mol. The molecule has 0 bridgehead atoms. The molecule has 0 saturated carbocycles. The fourth-order valence-corrected chi connectivity index (χ4v) is 2.71. The molecule has 1 aromatic rings. The highest BCUT2D eigenvalue weighted by Crippen LogP contribution is 2.26. The molecule has 0 saturated heterocycles. The minimum Gasteiger partial charge on any atom is -0.480 e. The molecule has 1 rings (SSSR count). The molecule has 0 heterocycles. The molecule has 0 aliphatic heterocycles. The number of amides is 1. The molecule has 1 N–H and O–H groups in total. The number of likely N-dealkylation sites (N-methyl/N-ethyl adjacent to an activating group) is 1. The van der Waals surface area contributed by atoms with E-state index in [-0.39, 0.29) is 18.2 Å². The van der Waals surface area contributed by atoms with E-state index in [2.05, 4.69) is 0 Å². The second-order valence-corrected chi connectivity index (χ2v) is 6.16. The van der Waals surface area contributed by atoms with E-state index in [0.29, 0.717) is 18.1 Å². The summed E-state index contributed by atoms with van der Waals surface area (Å²) in [6, 6.07) is 7.26. The molecule has 1 aromatic carbocycles. The quantitative estimate of drug-likeness (QED) is 0.738. The number of aliphatic carboxylic acids is 1. The van der Waals surface area contributed by atoms with Gasteiger partial charge in [0, 0.05) is 18.0 Å². The minimum absolute atomic E-state index is 0.171. The molecule has 116 valence electrons. The highest BCUT2D eigenvalue weighted by Gasteiger charge is 2.17. The van der Waals surface area contributed by atoms with E-state index in [1.165, 1.54) is 16.7 Å². The van der Waals surface area contributed by atoms with E-state index < -0.39 is 5.97 Å². The van der Waals surface area contributed by atoms with Crippen molar-refractivity contribution in [1.29, 1.82) is 0 Å². The predicted octanol–water partition coefficient (Wildman–Crippen LogP) is 1.91. The van der Waals surface area contributed by atoms with Crippen LogP contribution in [0.3, 0.4) is 0 Å². The Kier molecular flexibility index (Phi) is 7.56. The first-order valence-electron chi connectivity index (χ1n) is 6.41. The number of nitrogens with zero attached hydrogens (tertiary/aromatic N) is 2. The second kappa shape index (κ2) is 8.92. The molecule has 0 aliphatic carbocycles. The molecule has 0 aromatic heterocycles. The van der Waals surface area contributed by atoms with Crippen molar-refractivity contribution in [3.63, 3.8) is 0 Å². The maximum absolute atomic E-state index is 12.2. The van der Waals surface area contributed by atoms with Crippen LogP contribution in [0.1, 0.15) is 0 Å². The van der Waals surface area contributed by atoms with Gasteiger partial charge in [0.15, 0.2) is 0 Å². The van der Waals surface area contributed by atoms with Gasteiger partial charge in [-0.05, 0) is 26.2 Å². The van der Waals surface area contributed by atoms with Crippen LogP contribution in [0.4, 0.5) is 0 Å². The Labute approximate surface area is 133 Å². The van der Waals surface area contributed by atoms with Gasteiger partial charge in [0.1, 0.15) is 6.54 Å². The largest absolute Gasteiger partial charge is 0.480 e. The first-order valence-corrected chi connectivity index (χ1v) is 7.78. The average Bonchev–Trinajstić information content (AvgIpc) is 2.41. The first-order chi connectivity index (χ1) is 9.90. The molecule has 0 atom stereocenters. The summed E-state index contributed by atoms with van der Waals surface area (Å²) in [6.45, 7) is 0.729. The third-order valence-corrected chi connectivity index (χ3v) is 4.18. The highest BCUT2D eigenvalue weighted by molar-refractivity contribution is 8.00. The van der Waals surface area contributed by atoms with Crippen molar-refractivity contribution in [1.82, 2.24) is 9.80 Å². The van der Waals surface area contributed by atoms with Crippen LogP contribution in [0.5, 0.6) is 0 Å². The molecule has 7 heteroatoms. The zero-order valence-corrected chi connectivity index (χ0v) is 13.7. The minimum atomic E-state index is -1.01. The lowest BCUT2D eigenvalue weighted by atomic mass is 10.4. The third-order valence-electron chi connectivity index (χ3n) is 2.68. The number of halogens is 1. The molecule has 21 heavy (non-hydrogen) atoms. The van der Waals surface area contributed by atoms with Crippen molar-refractivity contribution in [3.8, 4) is 0 Å². The molecule has 0 spiro atoms. The van der Waals surface area contributed by atoms with Crippen LogP contribution in [-0.4, -0.2) is 66.3 Å². The second-order valence-electron chi connectivity index (χ2n) is 4.73. The standard InChI is InChI=1S/C14H19ClN2O3S/c1-16(2)7-8-17(9-14(19)20)13(18)10-21-12-6-4-3-5-11(12)15/h3-6H,7-10H2,1-2H3,(H,19,20). The van der Waals surface area contributed by atoms with Gasteiger partial charge < -0.3 is 14.9 Å². The Morgan fingerprint density at radius 2 is 1.90 bits per heavy atom. The van der Waals surface area contributed by atoms with Gasteiger partial charge in [0.25, 0.3) is 0 Å². The van der Waals surface area contributed by atoms with Crippen LogP contribution in [0.2, 0.25) is 5.02 Å². The van der Waals surface area contributed by atoms with Gasteiger partial charge in [-0.15, -0.1) is 11.8 Å². The van der Waals surface area contributed by atoms with E-state index >= 15 is 0 Å². The fourth-order valence-electron chi connectivity index (χ4n) is 1.57. The van der Waals surface area contributed by atoms with Gasteiger partial charge >= 0.3 is 5.97 Å². The number of hydrogen-bond acceptors (Lipinski definition) is 4. The molecule has 1 amide bonds. The van der Waals surface area contributed by atoms with Crippen molar-refractivity contribution in [2.24, 2.45) is 0 Å². The number of benzene rings is 1. The van der Waals surface area contributed by atoms with Crippen molar-refractivity contribution in [2.45, 2.75) is 4.90 Å². The summed E-state index contributed by atoms with van der Waals surface area (Å²) in [5.41, 5.74) is 0. The molecule has 5 nitrogen and oxygen atoms in total. The Morgan fingerprint density at radius 1 is 1.24 bits per heavy atom. The van der Waals surface area contributed by atoms with Crippen molar-refractivity contribution in [3.05, 3.63) is 29.3 Å². The number of carbonyl (C=O) groups is 2. The lowest BCUT2D eigenvalue weighted by Crippen LogP contribution is -2.40. The SMILES string of the molecule is CN(C)CCN(CC(=O)O)C(=O)CSc1ccccc1Cl. The van der Waals surface area contributed by atoms with Gasteiger partial charge in [0.05, 0.1) is 10.8 Å². The normalized spacial score (nSPS) is 10.7. The number of carboxylic acids is 1. The lowest BCUT2D eigenvalue weighted by molar-refractivity contribution is -0.143. The van der Waals surface area contributed by atoms with Crippen molar-refractivity contribution < 1.29 is 14.7 Å². The Hall–Kier alpha value is -1.24. The maximum atomic E-state index is 12.2. The molecular weight excluding hydrogens is 312 g/mol. The molecular formula is C14H19ClN2O3S.